The van der Waals surface area contributed by atoms with Crippen molar-refractivity contribution in [1.29, 1.82) is 0 Å². The van der Waals surface area contributed by atoms with E-state index in [1.807, 2.05) is 39.8 Å². The van der Waals surface area contributed by atoms with E-state index in [0.29, 0.717) is 5.75 Å². The van der Waals surface area contributed by atoms with Gasteiger partial charge in [0.1, 0.15) is 11.5 Å². The van der Waals surface area contributed by atoms with Crippen molar-refractivity contribution in [2.24, 2.45) is 0 Å². The molecule has 0 aliphatic carbocycles. The van der Waals surface area contributed by atoms with Crippen molar-refractivity contribution in [1.82, 2.24) is 0 Å². The Morgan fingerprint density at radius 2 is 1.21 bits per heavy atom. The second-order valence-corrected chi connectivity index (χ2v) is 5.04. The third-order valence-corrected chi connectivity index (χ3v) is 3.28. The maximum atomic E-state index is 9.78. The molecule has 3 nitrogen and oxygen atoms in total. The molecule has 0 amide bonds. The molecule has 0 aliphatic rings. The van der Waals surface area contributed by atoms with Crippen molar-refractivity contribution in [3.8, 4) is 11.5 Å². The van der Waals surface area contributed by atoms with Crippen LogP contribution in [0.2, 0.25) is 0 Å². The number of nitrogens with one attached hydrogen (secondary N) is 1. The third-order valence-electron chi connectivity index (χ3n) is 3.28. The molecule has 0 heterocycles. The van der Waals surface area contributed by atoms with E-state index in [0.717, 1.165) is 33.6 Å². The molecule has 0 saturated carbocycles. The summed E-state index contributed by atoms with van der Waals surface area (Å²) in [6.07, 6.45) is 0. The molecule has 2 aromatic carbocycles. The quantitative estimate of drug-likeness (QED) is 0.711. The zero-order valence-corrected chi connectivity index (χ0v) is 11.7. The minimum absolute atomic E-state index is 0.276. The Morgan fingerprint density at radius 1 is 0.737 bits per heavy atom. The maximum Gasteiger partial charge on any atom is 0.121 e. The molecular weight excluding hydrogens is 238 g/mol. The molecule has 3 heteroatoms. The van der Waals surface area contributed by atoms with Gasteiger partial charge in [-0.3, -0.25) is 0 Å². The highest BCUT2D eigenvalue weighted by Gasteiger charge is 2.08. The number of aromatic hydroxyl groups is 2. The molecular formula is C16H19NO2. The largest absolute Gasteiger partial charge is 0.508 e. The number of aryl methyl sites for hydroxylation is 4. The lowest BCUT2D eigenvalue weighted by Crippen LogP contribution is -1.97. The van der Waals surface area contributed by atoms with Crippen LogP contribution in [0.15, 0.2) is 24.3 Å². The van der Waals surface area contributed by atoms with Crippen molar-refractivity contribution < 1.29 is 10.2 Å². The summed E-state index contributed by atoms with van der Waals surface area (Å²) in [5.41, 5.74) is 5.59. The topological polar surface area (TPSA) is 52.5 Å². The second-order valence-electron chi connectivity index (χ2n) is 5.04. The summed E-state index contributed by atoms with van der Waals surface area (Å²) in [7, 11) is 0. The molecule has 0 unspecified atom stereocenters. The molecule has 0 atom stereocenters. The highest BCUT2D eigenvalue weighted by Crippen LogP contribution is 2.31. The molecule has 0 aliphatic heterocycles. The Hall–Kier alpha value is -2.16. The Balaban J connectivity index is 2.42. The van der Waals surface area contributed by atoms with Gasteiger partial charge in [0.2, 0.25) is 0 Å². The predicted molar refractivity (Wildman–Crippen MR) is 78.4 cm³/mol. The number of hydrogen-bond acceptors (Lipinski definition) is 3. The lowest BCUT2D eigenvalue weighted by atomic mass is 10.1. The van der Waals surface area contributed by atoms with Crippen molar-refractivity contribution in [2.45, 2.75) is 27.7 Å². The Morgan fingerprint density at radius 3 is 1.68 bits per heavy atom. The Kier molecular flexibility index (Phi) is 3.38. The average Bonchev–Trinajstić information content (AvgIpc) is 2.30. The van der Waals surface area contributed by atoms with E-state index in [9.17, 15) is 10.2 Å². The molecule has 0 spiro atoms. The van der Waals surface area contributed by atoms with Crippen LogP contribution in [0, 0.1) is 27.7 Å². The minimum Gasteiger partial charge on any atom is -0.508 e. The van der Waals surface area contributed by atoms with Crippen molar-refractivity contribution in [2.75, 3.05) is 5.32 Å². The summed E-state index contributed by atoms with van der Waals surface area (Å²) in [5, 5.41) is 22.7. The van der Waals surface area contributed by atoms with Gasteiger partial charge in [-0.15, -0.1) is 0 Å². The fraction of sp³-hybridized carbons (Fsp3) is 0.250. The molecule has 0 fully saturated rings. The fourth-order valence-corrected chi connectivity index (χ4v) is 2.31. The molecule has 0 bridgehead atoms. The van der Waals surface area contributed by atoms with Crippen LogP contribution in [-0.4, -0.2) is 10.2 Å². The molecule has 19 heavy (non-hydrogen) atoms. The number of hydrogen-bond donors (Lipinski definition) is 3. The van der Waals surface area contributed by atoms with Gasteiger partial charge < -0.3 is 15.5 Å². The molecule has 2 aromatic rings. The highest BCUT2D eigenvalue weighted by atomic mass is 16.3. The molecule has 0 saturated heterocycles. The van der Waals surface area contributed by atoms with Gasteiger partial charge in [0.05, 0.1) is 0 Å². The zero-order chi connectivity index (χ0) is 14.2. The SMILES string of the molecule is Cc1cc(Nc2c(C)cc(O)cc2C)cc(C)c1O. The first kappa shape index (κ1) is 13.3. The van der Waals surface area contributed by atoms with Crippen LogP contribution >= 0.6 is 0 Å². The normalized spacial score (nSPS) is 10.5. The summed E-state index contributed by atoms with van der Waals surface area (Å²) >= 11 is 0. The van der Waals surface area contributed by atoms with Crippen LogP contribution in [0.1, 0.15) is 22.3 Å². The standard InChI is InChI=1S/C16H19NO2/c1-9-7-14(18)8-10(2)15(9)17-13-5-11(3)16(19)12(4)6-13/h5-8,17-19H,1-4H3. The summed E-state index contributed by atoms with van der Waals surface area (Å²) in [6, 6.07) is 7.28. The highest BCUT2D eigenvalue weighted by molar-refractivity contribution is 5.69. The lowest BCUT2D eigenvalue weighted by molar-refractivity contribution is 0.467. The first-order valence-corrected chi connectivity index (χ1v) is 6.26. The molecule has 0 radical (unpaired) electrons. The van der Waals surface area contributed by atoms with Crippen LogP contribution < -0.4 is 5.32 Å². The summed E-state index contributed by atoms with van der Waals surface area (Å²) in [4.78, 5) is 0. The van der Waals surface area contributed by atoms with Crippen LogP contribution in [0.3, 0.4) is 0 Å². The number of benzene rings is 2. The fourth-order valence-electron chi connectivity index (χ4n) is 2.31. The number of phenolic OH excluding ortho intramolecular Hbond substituents is 2. The molecule has 2 rings (SSSR count). The van der Waals surface area contributed by atoms with Crippen molar-refractivity contribution in [3.05, 3.63) is 46.5 Å². The van der Waals surface area contributed by atoms with Crippen molar-refractivity contribution in [3.63, 3.8) is 0 Å². The van der Waals surface area contributed by atoms with Gasteiger partial charge in [0.25, 0.3) is 0 Å². The maximum absolute atomic E-state index is 9.78. The minimum atomic E-state index is 0.276. The third kappa shape index (κ3) is 2.65. The van der Waals surface area contributed by atoms with Gasteiger partial charge in [0, 0.05) is 11.4 Å². The van der Waals surface area contributed by atoms with E-state index in [1.165, 1.54) is 0 Å². The summed E-state index contributed by atoms with van der Waals surface area (Å²) in [6.45, 7) is 7.67. The average molecular weight is 257 g/mol. The summed E-state index contributed by atoms with van der Waals surface area (Å²) in [5.74, 6) is 0.614. The number of anilines is 2. The molecule has 3 N–H and O–H groups in total. The lowest BCUT2D eigenvalue weighted by Gasteiger charge is -2.15. The van der Waals surface area contributed by atoms with Crippen LogP contribution in [0.25, 0.3) is 0 Å². The van der Waals surface area contributed by atoms with E-state index < -0.39 is 0 Å². The number of phenols is 2. The van der Waals surface area contributed by atoms with Crippen molar-refractivity contribution >= 4 is 11.4 Å². The van der Waals surface area contributed by atoms with Crippen LogP contribution in [0.4, 0.5) is 11.4 Å². The van der Waals surface area contributed by atoms with E-state index in [2.05, 4.69) is 5.32 Å². The van der Waals surface area contributed by atoms with Gasteiger partial charge in [-0.25, -0.2) is 0 Å². The number of rotatable bonds is 2. The molecule has 0 aromatic heterocycles. The van der Waals surface area contributed by atoms with Gasteiger partial charge in [0.15, 0.2) is 0 Å². The van der Waals surface area contributed by atoms with E-state index in [1.54, 1.807) is 12.1 Å². The van der Waals surface area contributed by atoms with Gasteiger partial charge in [-0.1, -0.05) is 0 Å². The second kappa shape index (κ2) is 4.84. The van der Waals surface area contributed by atoms with E-state index in [-0.39, 0.29) is 5.75 Å². The summed E-state index contributed by atoms with van der Waals surface area (Å²) < 4.78 is 0. The first-order chi connectivity index (χ1) is 8.88. The molecule has 100 valence electrons. The smallest absolute Gasteiger partial charge is 0.121 e. The van der Waals surface area contributed by atoms with Gasteiger partial charge in [-0.2, -0.15) is 0 Å². The van der Waals surface area contributed by atoms with Gasteiger partial charge >= 0.3 is 0 Å². The van der Waals surface area contributed by atoms with E-state index in [4.69, 9.17) is 0 Å². The Bertz CT molecular complexity index is 587. The van der Waals surface area contributed by atoms with Crippen LogP contribution in [0.5, 0.6) is 11.5 Å². The van der Waals surface area contributed by atoms with Crippen LogP contribution in [-0.2, 0) is 0 Å². The van der Waals surface area contributed by atoms with E-state index >= 15 is 0 Å². The van der Waals surface area contributed by atoms with Gasteiger partial charge in [-0.05, 0) is 74.2 Å². The Labute approximate surface area is 113 Å². The monoisotopic (exact) mass is 257 g/mol. The first-order valence-electron chi connectivity index (χ1n) is 6.26. The zero-order valence-electron chi connectivity index (χ0n) is 11.7. The predicted octanol–water partition coefficient (Wildman–Crippen LogP) is 4.08.